The fourth-order valence-corrected chi connectivity index (χ4v) is 2.24. The topological polar surface area (TPSA) is 28.1 Å². The van der Waals surface area contributed by atoms with Crippen molar-refractivity contribution in [2.45, 2.75) is 19.8 Å². The first kappa shape index (κ1) is 8.72. The summed E-state index contributed by atoms with van der Waals surface area (Å²) in [5, 5.41) is 1.24. The standard InChI is InChI=1S/C13H14N2/c1-8-7-15-13-11(9(8)2)4-3-10-5-6-14-12(10)13/h3-9,14H,1-2H3. The molecule has 0 amide bonds. The van der Waals surface area contributed by atoms with Gasteiger partial charge in [0.05, 0.1) is 11.2 Å². The third-order valence-corrected chi connectivity index (χ3v) is 3.45. The van der Waals surface area contributed by atoms with E-state index in [1.54, 1.807) is 0 Å². The molecule has 0 saturated carbocycles. The van der Waals surface area contributed by atoms with Gasteiger partial charge in [-0.05, 0) is 23.5 Å². The second-order valence-electron chi connectivity index (χ2n) is 4.37. The van der Waals surface area contributed by atoms with Crippen molar-refractivity contribution in [3.8, 4) is 0 Å². The van der Waals surface area contributed by atoms with Crippen LogP contribution in [0, 0.1) is 5.92 Å². The molecule has 2 aromatic rings. The Kier molecular flexibility index (Phi) is 1.72. The Morgan fingerprint density at radius 2 is 2.07 bits per heavy atom. The normalized spacial score (nSPS) is 24.4. The first-order valence-corrected chi connectivity index (χ1v) is 5.41. The Balaban J connectivity index is 2.34. The van der Waals surface area contributed by atoms with Crippen molar-refractivity contribution in [1.29, 1.82) is 0 Å². The van der Waals surface area contributed by atoms with Crippen molar-refractivity contribution >= 4 is 22.8 Å². The molecule has 0 spiro atoms. The van der Waals surface area contributed by atoms with Crippen LogP contribution in [0.15, 0.2) is 29.4 Å². The largest absolute Gasteiger partial charge is 0.359 e. The molecule has 2 heterocycles. The van der Waals surface area contributed by atoms with Crippen LogP contribution in [0.2, 0.25) is 0 Å². The van der Waals surface area contributed by atoms with Crippen molar-refractivity contribution in [3.05, 3.63) is 30.0 Å². The maximum Gasteiger partial charge on any atom is 0.0901 e. The summed E-state index contributed by atoms with van der Waals surface area (Å²) in [6.07, 6.45) is 4.04. The molecule has 2 atom stereocenters. The van der Waals surface area contributed by atoms with Crippen molar-refractivity contribution in [2.75, 3.05) is 0 Å². The van der Waals surface area contributed by atoms with Crippen LogP contribution in [0.1, 0.15) is 25.3 Å². The Hall–Kier alpha value is -1.57. The third-order valence-electron chi connectivity index (χ3n) is 3.45. The molecule has 0 aliphatic carbocycles. The van der Waals surface area contributed by atoms with Gasteiger partial charge < -0.3 is 4.98 Å². The Bertz CT molecular complexity index is 536. The van der Waals surface area contributed by atoms with Gasteiger partial charge in [0.1, 0.15) is 0 Å². The van der Waals surface area contributed by atoms with E-state index in [4.69, 9.17) is 0 Å². The van der Waals surface area contributed by atoms with Gasteiger partial charge in [-0.2, -0.15) is 0 Å². The van der Waals surface area contributed by atoms with E-state index in [2.05, 4.69) is 48.2 Å². The molecule has 0 fully saturated rings. The molecular formula is C13H14N2. The first-order chi connectivity index (χ1) is 7.27. The highest BCUT2D eigenvalue weighted by Gasteiger charge is 2.21. The molecule has 0 bridgehead atoms. The highest BCUT2D eigenvalue weighted by molar-refractivity contribution is 5.94. The number of H-pyrrole nitrogens is 1. The fourth-order valence-electron chi connectivity index (χ4n) is 2.24. The minimum absolute atomic E-state index is 0.532. The van der Waals surface area contributed by atoms with Crippen LogP contribution in [-0.2, 0) is 0 Å². The van der Waals surface area contributed by atoms with Gasteiger partial charge in [0.25, 0.3) is 0 Å². The second kappa shape index (κ2) is 2.96. The van der Waals surface area contributed by atoms with E-state index in [9.17, 15) is 0 Å². The molecule has 1 aliphatic rings. The average molecular weight is 198 g/mol. The van der Waals surface area contributed by atoms with E-state index in [0.29, 0.717) is 11.8 Å². The monoisotopic (exact) mass is 198 g/mol. The summed E-state index contributed by atoms with van der Waals surface area (Å²) in [6.45, 7) is 4.49. The molecule has 1 aliphatic heterocycles. The number of aliphatic imine (C=N–C) groups is 1. The lowest BCUT2D eigenvalue weighted by Gasteiger charge is -2.23. The summed E-state index contributed by atoms with van der Waals surface area (Å²) in [7, 11) is 0. The van der Waals surface area contributed by atoms with Gasteiger partial charge in [0.2, 0.25) is 0 Å². The molecule has 2 heteroatoms. The van der Waals surface area contributed by atoms with Crippen LogP contribution in [0.5, 0.6) is 0 Å². The number of hydrogen-bond donors (Lipinski definition) is 1. The third kappa shape index (κ3) is 1.14. The Morgan fingerprint density at radius 1 is 1.20 bits per heavy atom. The van der Waals surface area contributed by atoms with E-state index in [1.807, 2.05) is 6.20 Å². The lowest BCUT2D eigenvalue weighted by molar-refractivity contribution is 0.627. The summed E-state index contributed by atoms with van der Waals surface area (Å²) in [5.74, 6) is 1.09. The molecular weight excluding hydrogens is 184 g/mol. The molecule has 0 radical (unpaired) electrons. The van der Waals surface area contributed by atoms with E-state index in [1.165, 1.54) is 16.5 Å². The molecule has 0 saturated heterocycles. The molecule has 15 heavy (non-hydrogen) atoms. The lowest BCUT2D eigenvalue weighted by Crippen LogP contribution is -2.11. The summed E-state index contributed by atoms with van der Waals surface area (Å²) in [6, 6.07) is 6.48. The van der Waals surface area contributed by atoms with Crippen LogP contribution in [0.25, 0.3) is 10.9 Å². The number of aromatic nitrogens is 1. The van der Waals surface area contributed by atoms with Crippen LogP contribution in [0.4, 0.5) is 5.69 Å². The van der Waals surface area contributed by atoms with Gasteiger partial charge in [-0.25, -0.2) is 0 Å². The Morgan fingerprint density at radius 3 is 2.93 bits per heavy atom. The maximum absolute atomic E-state index is 4.57. The number of hydrogen-bond acceptors (Lipinski definition) is 1. The first-order valence-electron chi connectivity index (χ1n) is 5.41. The SMILES string of the molecule is CC1C=Nc2c(ccc3cc[nH]c23)C1C. The zero-order chi connectivity index (χ0) is 10.4. The van der Waals surface area contributed by atoms with Gasteiger partial charge in [0, 0.05) is 17.8 Å². The molecule has 3 rings (SSSR count). The van der Waals surface area contributed by atoms with Crippen LogP contribution < -0.4 is 0 Å². The van der Waals surface area contributed by atoms with Crippen molar-refractivity contribution in [2.24, 2.45) is 10.9 Å². The highest BCUT2D eigenvalue weighted by atomic mass is 14.8. The number of nitrogens with one attached hydrogen (secondary N) is 1. The van der Waals surface area contributed by atoms with Gasteiger partial charge in [-0.1, -0.05) is 26.0 Å². The number of aromatic amines is 1. The summed E-state index contributed by atoms with van der Waals surface area (Å²) < 4.78 is 0. The van der Waals surface area contributed by atoms with E-state index < -0.39 is 0 Å². The minimum Gasteiger partial charge on any atom is -0.359 e. The van der Waals surface area contributed by atoms with Crippen LogP contribution in [-0.4, -0.2) is 11.2 Å². The van der Waals surface area contributed by atoms with Crippen molar-refractivity contribution in [1.82, 2.24) is 4.98 Å². The fraction of sp³-hybridized carbons (Fsp3) is 0.308. The maximum atomic E-state index is 4.57. The van der Waals surface area contributed by atoms with E-state index in [-0.39, 0.29) is 0 Å². The molecule has 1 aromatic carbocycles. The highest BCUT2D eigenvalue weighted by Crippen LogP contribution is 2.39. The zero-order valence-corrected chi connectivity index (χ0v) is 8.99. The predicted molar refractivity (Wildman–Crippen MR) is 64.0 cm³/mol. The van der Waals surface area contributed by atoms with Crippen molar-refractivity contribution in [3.63, 3.8) is 0 Å². The quantitative estimate of drug-likeness (QED) is 0.669. The smallest absolute Gasteiger partial charge is 0.0901 e. The average Bonchev–Trinajstić information content (AvgIpc) is 2.71. The molecule has 1 aromatic heterocycles. The summed E-state index contributed by atoms with van der Waals surface area (Å²) in [5.41, 5.74) is 3.66. The molecule has 76 valence electrons. The number of benzene rings is 1. The Labute approximate surface area is 89.0 Å². The lowest BCUT2D eigenvalue weighted by atomic mass is 9.86. The zero-order valence-electron chi connectivity index (χ0n) is 8.99. The molecule has 2 nitrogen and oxygen atoms in total. The minimum atomic E-state index is 0.532. The summed E-state index contributed by atoms with van der Waals surface area (Å²) in [4.78, 5) is 7.84. The van der Waals surface area contributed by atoms with Crippen LogP contribution in [0.3, 0.4) is 0 Å². The summed E-state index contributed by atoms with van der Waals surface area (Å²) >= 11 is 0. The predicted octanol–water partition coefficient (Wildman–Crippen LogP) is 3.62. The number of fused-ring (bicyclic) bond motifs is 3. The van der Waals surface area contributed by atoms with Gasteiger partial charge >= 0.3 is 0 Å². The molecule has 2 unspecified atom stereocenters. The van der Waals surface area contributed by atoms with Crippen molar-refractivity contribution < 1.29 is 0 Å². The second-order valence-corrected chi connectivity index (χ2v) is 4.37. The number of nitrogens with zero attached hydrogens (tertiary/aromatic N) is 1. The van der Waals surface area contributed by atoms with E-state index in [0.717, 1.165) is 5.69 Å². The van der Waals surface area contributed by atoms with Gasteiger partial charge in [0.15, 0.2) is 0 Å². The van der Waals surface area contributed by atoms with Crippen LogP contribution >= 0.6 is 0 Å². The molecule has 1 N–H and O–H groups in total. The van der Waals surface area contributed by atoms with E-state index >= 15 is 0 Å². The van der Waals surface area contributed by atoms with Gasteiger partial charge in [-0.15, -0.1) is 0 Å². The number of rotatable bonds is 0. The van der Waals surface area contributed by atoms with Gasteiger partial charge in [-0.3, -0.25) is 4.99 Å².